The second-order valence-electron chi connectivity index (χ2n) is 7.98. The Morgan fingerprint density at radius 1 is 0.917 bits per heavy atom. The number of halogens is 1. The van der Waals surface area contributed by atoms with E-state index in [1.165, 1.54) is 70.3 Å². The van der Waals surface area contributed by atoms with Gasteiger partial charge in [-0.25, -0.2) is 0 Å². The van der Waals surface area contributed by atoms with Crippen LogP contribution in [0.15, 0.2) is 24.1 Å². The molecule has 2 saturated carbocycles. The van der Waals surface area contributed by atoms with E-state index in [1.807, 2.05) is 0 Å². The molecule has 0 heterocycles. The summed E-state index contributed by atoms with van der Waals surface area (Å²) in [6, 6.07) is 1.55. The average Bonchev–Trinajstić information content (AvgIpc) is 2.62. The Labute approximate surface area is 148 Å². The van der Waals surface area contributed by atoms with E-state index in [9.17, 15) is 4.39 Å². The summed E-state index contributed by atoms with van der Waals surface area (Å²) in [5.74, 6) is 2.69. The number of nitrogens with zero attached hydrogens (tertiary/aromatic N) is 1. The van der Waals surface area contributed by atoms with Crippen LogP contribution in [0.2, 0.25) is 0 Å². The van der Waals surface area contributed by atoms with Gasteiger partial charge < -0.3 is 0 Å². The minimum absolute atomic E-state index is 0.625. The van der Waals surface area contributed by atoms with E-state index in [0.29, 0.717) is 6.42 Å². The lowest BCUT2D eigenvalue weighted by molar-refractivity contribution is 0.285. The molecule has 0 aromatic rings. The lowest BCUT2D eigenvalue weighted by atomic mass is 9.77. The molecule has 0 aromatic carbocycles. The second-order valence-corrected chi connectivity index (χ2v) is 7.98. The first-order valence-electron chi connectivity index (χ1n) is 10.1. The normalized spacial score (nSPS) is 32.0. The van der Waals surface area contributed by atoms with Crippen LogP contribution >= 0.6 is 0 Å². The number of nitriles is 1. The molecule has 0 atom stereocenters. The molecule has 0 radical (unpaired) electrons. The van der Waals surface area contributed by atoms with Crippen molar-refractivity contribution in [2.24, 2.45) is 23.7 Å². The van der Waals surface area contributed by atoms with Gasteiger partial charge in [0.2, 0.25) is 0 Å². The number of hydrogen-bond donors (Lipinski definition) is 0. The van der Waals surface area contributed by atoms with Crippen LogP contribution in [0.1, 0.15) is 84.0 Å². The molecule has 0 amide bonds. The van der Waals surface area contributed by atoms with Crippen molar-refractivity contribution in [2.75, 3.05) is 0 Å². The van der Waals surface area contributed by atoms with E-state index >= 15 is 0 Å². The van der Waals surface area contributed by atoms with Gasteiger partial charge in [0.1, 0.15) is 6.07 Å². The maximum Gasteiger partial charge on any atom is 0.196 e. The van der Waals surface area contributed by atoms with Gasteiger partial charge in [-0.15, -0.1) is 0 Å². The monoisotopic (exact) mass is 331 g/mol. The van der Waals surface area contributed by atoms with Crippen LogP contribution in [0.25, 0.3) is 0 Å². The summed E-state index contributed by atoms with van der Waals surface area (Å²) >= 11 is 0. The molecule has 2 aliphatic carbocycles. The molecule has 2 aliphatic rings. The molecular formula is C22H34FN. The van der Waals surface area contributed by atoms with Gasteiger partial charge in [0.25, 0.3) is 0 Å². The highest BCUT2D eigenvalue weighted by atomic mass is 19.1. The zero-order valence-corrected chi connectivity index (χ0v) is 15.4. The summed E-state index contributed by atoms with van der Waals surface area (Å²) in [5, 5.41) is 8.41. The van der Waals surface area contributed by atoms with E-state index in [2.05, 4.69) is 19.1 Å². The molecule has 1 nitrogen and oxygen atoms in total. The first kappa shape index (κ1) is 19.2. The molecule has 0 aromatic heterocycles. The summed E-state index contributed by atoms with van der Waals surface area (Å²) in [5.41, 5.74) is 0. The van der Waals surface area contributed by atoms with Crippen molar-refractivity contribution in [2.45, 2.75) is 84.0 Å². The Hall–Kier alpha value is -1.10. The van der Waals surface area contributed by atoms with Crippen LogP contribution in [-0.2, 0) is 0 Å². The smallest absolute Gasteiger partial charge is 0.195 e. The number of allylic oxidation sites excluding steroid dienone is 4. The highest BCUT2D eigenvalue weighted by molar-refractivity contribution is 5.11. The molecule has 2 heteroatoms. The highest BCUT2D eigenvalue weighted by Crippen LogP contribution is 2.35. The maximum atomic E-state index is 12.8. The first-order chi connectivity index (χ1) is 11.7. The Kier molecular flexibility index (Phi) is 8.57. The molecule has 0 bridgehead atoms. The summed E-state index contributed by atoms with van der Waals surface area (Å²) in [4.78, 5) is 0. The fourth-order valence-corrected chi connectivity index (χ4v) is 4.55. The minimum atomic E-state index is -0.625. The van der Waals surface area contributed by atoms with Gasteiger partial charge in [0.15, 0.2) is 5.83 Å². The van der Waals surface area contributed by atoms with Gasteiger partial charge >= 0.3 is 0 Å². The van der Waals surface area contributed by atoms with Gasteiger partial charge in [0.05, 0.1) is 0 Å². The molecule has 0 N–H and O–H groups in total. The molecule has 0 spiro atoms. The molecular weight excluding hydrogens is 297 g/mol. The Bertz CT molecular complexity index is 443. The fraction of sp³-hybridized carbons (Fsp3) is 0.773. The molecule has 24 heavy (non-hydrogen) atoms. The predicted octanol–water partition coefficient (Wildman–Crippen LogP) is 7.11. The highest BCUT2D eigenvalue weighted by Gasteiger charge is 2.21. The van der Waals surface area contributed by atoms with Gasteiger partial charge in [-0.1, -0.05) is 31.9 Å². The third kappa shape index (κ3) is 6.80. The van der Waals surface area contributed by atoms with E-state index in [-0.39, 0.29) is 0 Å². The van der Waals surface area contributed by atoms with Gasteiger partial charge in [-0.3, -0.25) is 0 Å². The van der Waals surface area contributed by atoms with Crippen LogP contribution in [0.4, 0.5) is 4.39 Å². The van der Waals surface area contributed by atoms with Gasteiger partial charge in [-0.2, -0.15) is 9.65 Å². The zero-order valence-electron chi connectivity index (χ0n) is 15.4. The molecule has 0 unspecified atom stereocenters. The Morgan fingerprint density at radius 2 is 1.42 bits per heavy atom. The molecule has 0 aliphatic heterocycles. The Balaban J connectivity index is 1.62. The van der Waals surface area contributed by atoms with Gasteiger partial charge in [0, 0.05) is 0 Å². The number of hydrogen-bond acceptors (Lipinski definition) is 1. The van der Waals surface area contributed by atoms with Crippen LogP contribution in [0.5, 0.6) is 0 Å². The quantitative estimate of drug-likeness (QED) is 0.360. The van der Waals surface area contributed by atoms with Crippen molar-refractivity contribution in [3.8, 4) is 6.07 Å². The molecule has 2 rings (SSSR count). The SMILES string of the molecule is CCCC1CCC(/C=C/C2CCC(CCC=C(F)C#N)CC2)CC1. The van der Waals surface area contributed by atoms with Crippen molar-refractivity contribution in [1.29, 1.82) is 5.26 Å². The van der Waals surface area contributed by atoms with Crippen LogP contribution in [-0.4, -0.2) is 0 Å². The van der Waals surface area contributed by atoms with Crippen LogP contribution in [0.3, 0.4) is 0 Å². The van der Waals surface area contributed by atoms with E-state index < -0.39 is 5.83 Å². The summed E-state index contributed by atoms with van der Waals surface area (Å²) < 4.78 is 12.8. The maximum absolute atomic E-state index is 12.8. The van der Waals surface area contributed by atoms with Crippen molar-refractivity contribution >= 4 is 0 Å². The van der Waals surface area contributed by atoms with Gasteiger partial charge in [-0.05, 0) is 94.0 Å². The third-order valence-electron chi connectivity index (χ3n) is 6.14. The standard InChI is InChI=1S/C22H34FN/c1-2-4-18-7-11-20(12-8-18)15-16-21-13-9-19(10-14-21)5-3-6-22(23)17-24/h6,15-16,18-21H,2-5,7-14H2,1H3/b16-15+,22-6?. The van der Waals surface area contributed by atoms with Crippen molar-refractivity contribution in [3.05, 3.63) is 24.1 Å². The summed E-state index contributed by atoms with van der Waals surface area (Å²) in [7, 11) is 0. The predicted molar refractivity (Wildman–Crippen MR) is 99.0 cm³/mol. The van der Waals surface area contributed by atoms with Crippen molar-refractivity contribution in [3.63, 3.8) is 0 Å². The third-order valence-corrected chi connectivity index (χ3v) is 6.14. The lowest BCUT2D eigenvalue weighted by Gasteiger charge is -2.28. The first-order valence-corrected chi connectivity index (χ1v) is 10.1. The number of rotatable bonds is 7. The second kappa shape index (κ2) is 10.7. The topological polar surface area (TPSA) is 23.8 Å². The molecule has 134 valence electrons. The zero-order chi connectivity index (χ0) is 17.2. The Morgan fingerprint density at radius 3 is 1.88 bits per heavy atom. The van der Waals surface area contributed by atoms with Crippen molar-refractivity contribution in [1.82, 2.24) is 0 Å². The lowest BCUT2D eigenvalue weighted by Crippen LogP contribution is -2.15. The summed E-state index contributed by atoms with van der Waals surface area (Å²) in [6.07, 6.45) is 21.8. The van der Waals surface area contributed by atoms with E-state index in [0.717, 1.165) is 30.1 Å². The molecule has 2 fully saturated rings. The summed E-state index contributed by atoms with van der Waals surface area (Å²) in [6.45, 7) is 2.30. The minimum Gasteiger partial charge on any atom is -0.195 e. The van der Waals surface area contributed by atoms with E-state index in [1.54, 1.807) is 6.07 Å². The van der Waals surface area contributed by atoms with Crippen molar-refractivity contribution < 1.29 is 4.39 Å². The van der Waals surface area contributed by atoms with E-state index in [4.69, 9.17) is 5.26 Å². The average molecular weight is 332 g/mol. The van der Waals surface area contributed by atoms with Crippen LogP contribution < -0.4 is 0 Å². The molecule has 0 saturated heterocycles. The van der Waals surface area contributed by atoms with Crippen LogP contribution in [0, 0.1) is 35.0 Å². The largest absolute Gasteiger partial charge is 0.196 e. The fourth-order valence-electron chi connectivity index (χ4n) is 4.55.